The standard InChI is InChI=1S/C23H14BrClI2N2O3/c24-15-6-4-13(5-7-15)12-32-21-18(26)8-14(9-19(21)27)10-20-22(30)29(23(31)28-20)17-3-1-2-16(25)11-17/h1-11H,12H2,(H,28,31)/b20-10+. The van der Waals surface area contributed by atoms with Crippen LogP contribution in [0.2, 0.25) is 5.02 Å². The number of ether oxygens (including phenoxy) is 1. The lowest BCUT2D eigenvalue weighted by molar-refractivity contribution is -0.113. The molecule has 0 aliphatic carbocycles. The second-order valence-corrected chi connectivity index (χ2v) is 10.5. The van der Waals surface area contributed by atoms with Gasteiger partial charge in [0.2, 0.25) is 0 Å². The number of nitrogens with one attached hydrogen (secondary N) is 1. The molecule has 0 radical (unpaired) electrons. The molecule has 1 N–H and O–H groups in total. The minimum absolute atomic E-state index is 0.199. The predicted octanol–water partition coefficient (Wildman–Crippen LogP) is 6.99. The smallest absolute Gasteiger partial charge is 0.333 e. The summed E-state index contributed by atoms with van der Waals surface area (Å²) >= 11 is 13.9. The summed E-state index contributed by atoms with van der Waals surface area (Å²) in [5, 5.41) is 3.09. The van der Waals surface area contributed by atoms with Gasteiger partial charge in [-0.1, -0.05) is 45.7 Å². The van der Waals surface area contributed by atoms with Crippen molar-refractivity contribution < 1.29 is 14.3 Å². The second kappa shape index (κ2) is 10.1. The number of anilines is 1. The number of nitrogens with zero attached hydrogens (tertiary/aromatic N) is 1. The molecule has 3 aromatic carbocycles. The highest BCUT2D eigenvalue weighted by molar-refractivity contribution is 14.1. The molecule has 0 saturated carbocycles. The van der Waals surface area contributed by atoms with Crippen LogP contribution in [0.25, 0.3) is 6.08 Å². The van der Waals surface area contributed by atoms with E-state index in [1.165, 1.54) is 0 Å². The van der Waals surface area contributed by atoms with Gasteiger partial charge in [-0.2, -0.15) is 0 Å². The van der Waals surface area contributed by atoms with Gasteiger partial charge < -0.3 is 10.1 Å². The number of urea groups is 1. The van der Waals surface area contributed by atoms with Crippen molar-refractivity contribution in [2.45, 2.75) is 6.61 Å². The molecule has 0 unspecified atom stereocenters. The Morgan fingerprint density at radius 1 is 1.03 bits per heavy atom. The molecule has 1 aliphatic rings. The number of halogens is 4. The van der Waals surface area contributed by atoms with Crippen LogP contribution < -0.4 is 15.0 Å². The zero-order valence-corrected chi connectivity index (χ0v) is 22.9. The molecule has 4 rings (SSSR count). The Balaban J connectivity index is 1.54. The van der Waals surface area contributed by atoms with Gasteiger partial charge in [0.25, 0.3) is 5.91 Å². The summed E-state index contributed by atoms with van der Waals surface area (Å²) in [5.41, 5.74) is 2.46. The van der Waals surface area contributed by atoms with E-state index in [1.54, 1.807) is 30.3 Å². The Morgan fingerprint density at radius 3 is 2.38 bits per heavy atom. The number of rotatable bonds is 5. The molecule has 0 atom stereocenters. The third-order valence-corrected chi connectivity index (χ3v) is 6.94. The number of amides is 3. The maximum Gasteiger partial charge on any atom is 0.333 e. The first-order valence-corrected chi connectivity index (χ1v) is 12.6. The third kappa shape index (κ3) is 5.29. The van der Waals surface area contributed by atoms with E-state index in [-0.39, 0.29) is 5.70 Å². The molecule has 0 aromatic heterocycles. The van der Waals surface area contributed by atoms with E-state index in [0.717, 1.165) is 33.4 Å². The topological polar surface area (TPSA) is 58.6 Å². The minimum Gasteiger partial charge on any atom is -0.487 e. The van der Waals surface area contributed by atoms with Gasteiger partial charge in [-0.05, 0) is 105 Å². The van der Waals surface area contributed by atoms with Crippen LogP contribution in [0.5, 0.6) is 5.75 Å². The largest absolute Gasteiger partial charge is 0.487 e. The van der Waals surface area contributed by atoms with Crippen LogP contribution in [0.3, 0.4) is 0 Å². The Kier molecular flexibility index (Phi) is 7.43. The van der Waals surface area contributed by atoms with Gasteiger partial charge in [0.05, 0.1) is 12.8 Å². The van der Waals surface area contributed by atoms with Crippen molar-refractivity contribution in [3.63, 3.8) is 0 Å². The number of hydrogen-bond acceptors (Lipinski definition) is 3. The summed E-state index contributed by atoms with van der Waals surface area (Å²) in [4.78, 5) is 26.3. The molecule has 162 valence electrons. The number of benzene rings is 3. The van der Waals surface area contributed by atoms with Gasteiger partial charge in [0.15, 0.2) is 0 Å². The van der Waals surface area contributed by atoms with Gasteiger partial charge in [-0.3, -0.25) is 4.79 Å². The van der Waals surface area contributed by atoms with Crippen molar-refractivity contribution in [2.75, 3.05) is 4.90 Å². The number of hydrogen-bond donors (Lipinski definition) is 1. The monoisotopic (exact) mass is 734 g/mol. The van der Waals surface area contributed by atoms with Crippen molar-refractivity contribution in [3.05, 3.63) is 94.1 Å². The fraction of sp³-hybridized carbons (Fsp3) is 0.0435. The lowest BCUT2D eigenvalue weighted by atomic mass is 10.1. The molecule has 0 bridgehead atoms. The number of carbonyl (C=O) groups is 2. The van der Waals surface area contributed by atoms with Crippen LogP contribution in [0.4, 0.5) is 10.5 Å². The summed E-state index contributed by atoms with van der Waals surface area (Å²) in [6, 6.07) is 17.9. The minimum atomic E-state index is -0.512. The Morgan fingerprint density at radius 2 is 1.72 bits per heavy atom. The molecule has 1 saturated heterocycles. The van der Waals surface area contributed by atoms with E-state index in [9.17, 15) is 9.59 Å². The van der Waals surface area contributed by atoms with Gasteiger partial charge in [-0.15, -0.1) is 0 Å². The van der Waals surface area contributed by atoms with Gasteiger partial charge in [-0.25, -0.2) is 9.69 Å². The van der Waals surface area contributed by atoms with Gasteiger partial charge >= 0.3 is 6.03 Å². The highest BCUT2D eigenvalue weighted by Gasteiger charge is 2.35. The fourth-order valence-corrected chi connectivity index (χ4v) is 5.66. The quantitative estimate of drug-likeness (QED) is 0.175. The van der Waals surface area contributed by atoms with Crippen LogP contribution in [0.1, 0.15) is 11.1 Å². The van der Waals surface area contributed by atoms with Crippen molar-refractivity contribution in [1.29, 1.82) is 0 Å². The molecule has 1 fully saturated rings. The molecular weight excluding hydrogens is 721 g/mol. The average Bonchev–Trinajstić information content (AvgIpc) is 3.01. The molecule has 5 nitrogen and oxygen atoms in total. The SMILES string of the molecule is O=C1N/C(=C/c2cc(I)c(OCc3ccc(Br)cc3)c(I)c2)C(=O)N1c1cccc(Cl)c1. The second-order valence-electron chi connectivity index (χ2n) is 6.84. The summed E-state index contributed by atoms with van der Waals surface area (Å²) < 4.78 is 8.86. The van der Waals surface area contributed by atoms with Crippen molar-refractivity contribution in [3.8, 4) is 5.75 Å². The molecule has 3 aromatic rings. The molecule has 32 heavy (non-hydrogen) atoms. The molecular formula is C23H14BrClI2N2O3. The summed E-state index contributed by atoms with van der Waals surface area (Å²) in [5.74, 6) is 0.344. The molecule has 1 heterocycles. The maximum absolute atomic E-state index is 12.9. The van der Waals surface area contributed by atoms with E-state index < -0.39 is 11.9 Å². The van der Waals surface area contributed by atoms with E-state index in [4.69, 9.17) is 16.3 Å². The Bertz CT molecular complexity index is 1230. The van der Waals surface area contributed by atoms with Gasteiger partial charge in [0.1, 0.15) is 18.1 Å². The highest BCUT2D eigenvalue weighted by Crippen LogP contribution is 2.31. The van der Waals surface area contributed by atoms with Crippen LogP contribution in [-0.4, -0.2) is 11.9 Å². The Hall–Kier alpha value is -1.63. The lowest BCUT2D eigenvalue weighted by Crippen LogP contribution is -2.30. The lowest BCUT2D eigenvalue weighted by Gasteiger charge is -2.12. The van der Waals surface area contributed by atoms with Crippen LogP contribution in [0.15, 0.2) is 70.8 Å². The molecule has 9 heteroatoms. The summed E-state index contributed by atoms with van der Waals surface area (Å²) in [7, 11) is 0. The number of imide groups is 1. The molecule has 3 amide bonds. The summed E-state index contributed by atoms with van der Waals surface area (Å²) in [6.45, 7) is 0.447. The molecule has 0 spiro atoms. The summed E-state index contributed by atoms with van der Waals surface area (Å²) in [6.07, 6.45) is 1.66. The zero-order valence-electron chi connectivity index (χ0n) is 16.2. The first-order valence-electron chi connectivity index (χ1n) is 9.31. The maximum atomic E-state index is 12.9. The average molecular weight is 736 g/mol. The zero-order chi connectivity index (χ0) is 22.8. The number of carbonyl (C=O) groups excluding carboxylic acids is 2. The van der Waals surface area contributed by atoms with E-state index in [1.807, 2.05) is 36.4 Å². The Labute approximate surface area is 225 Å². The fourth-order valence-electron chi connectivity index (χ4n) is 3.09. The first kappa shape index (κ1) is 23.5. The van der Waals surface area contributed by atoms with Crippen LogP contribution in [-0.2, 0) is 11.4 Å². The van der Waals surface area contributed by atoms with Crippen molar-refractivity contribution in [2.24, 2.45) is 0 Å². The van der Waals surface area contributed by atoms with Crippen LogP contribution in [0, 0.1) is 7.14 Å². The predicted molar refractivity (Wildman–Crippen MR) is 146 cm³/mol. The molecule has 1 aliphatic heterocycles. The van der Waals surface area contributed by atoms with Crippen molar-refractivity contribution >= 4 is 96.4 Å². The van der Waals surface area contributed by atoms with E-state index in [2.05, 4.69) is 66.4 Å². The van der Waals surface area contributed by atoms with E-state index >= 15 is 0 Å². The normalized spacial score (nSPS) is 14.8. The van der Waals surface area contributed by atoms with Gasteiger partial charge in [0, 0.05) is 9.50 Å². The van der Waals surface area contributed by atoms with Crippen molar-refractivity contribution in [1.82, 2.24) is 5.32 Å². The first-order chi connectivity index (χ1) is 15.3. The third-order valence-electron chi connectivity index (χ3n) is 4.57. The van der Waals surface area contributed by atoms with Crippen LogP contribution >= 0.6 is 72.7 Å². The van der Waals surface area contributed by atoms with E-state index in [0.29, 0.717) is 17.3 Å². The highest BCUT2D eigenvalue weighted by atomic mass is 127.